The van der Waals surface area contributed by atoms with Gasteiger partial charge in [0.25, 0.3) is 0 Å². The van der Waals surface area contributed by atoms with Crippen LogP contribution in [0.5, 0.6) is 0 Å². The van der Waals surface area contributed by atoms with Gasteiger partial charge in [-0.25, -0.2) is 23.7 Å². The van der Waals surface area contributed by atoms with Crippen LogP contribution in [0.3, 0.4) is 0 Å². The largest absolute Gasteiger partial charge is 0.249 e. The van der Waals surface area contributed by atoms with E-state index in [9.17, 15) is 4.39 Å². The molecule has 0 unspecified atom stereocenters. The Morgan fingerprint density at radius 1 is 1.30 bits per heavy atom. The number of aryl methyl sites for hydroxylation is 2. The minimum absolute atomic E-state index is 0.201. The number of rotatable bonds is 4. The number of fused-ring (bicyclic) bond motifs is 1. The first-order chi connectivity index (χ1) is 9.69. The maximum atomic E-state index is 12.4. The van der Waals surface area contributed by atoms with Gasteiger partial charge >= 0.3 is 0 Å². The van der Waals surface area contributed by atoms with E-state index in [2.05, 4.69) is 36.1 Å². The van der Waals surface area contributed by atoms with E-state index in [0.29, 0.717) is 12.4 Å². The second kappa shape index (κ2) is 5.28. The first-order valence-corrected chi connectivity index (χ1v) is 6.89. The summed E-state index contributed by atoms with van der Waals surface area (Å²) in [4.78, 5) is 8.66. The molecule has 0 amide bonds. The molecule has 0 aromatic carbocycles. The molecule has 6 nitrogen and oxygen atoms in total. The van der Waals surface area contributed by atoms with Gasteiger partial charge in [0.15, 0.2) is 5.65 Å². The van der Waals surface area contributed by atoms with Gasteiger partial charge in [0, 0.05) is 9.86 Å². The molecule has 3 heterocycles. The zero-order valence-electron chi connectivity index (χ0n) is 10.8. The number of alkyl halides is 1. The molecule has 3 aromatic heterocycles. The third kappa shape index (κ3) is 2.31. The Bertz CT molecular complexity index is 750. The second-order valence-corrected chi connectivity index (χ2v) is 5.21. The Balaban J connectivity index is 1.98. The molecule has 0 spiro atoms. The monoisotopic (exact) mass is 338 g/mol. The summed E-state index contributed by atoms with van der Waals surface area (Å²) >= 11 is 3.45. The second-order valence-electron chi connectivity index (χ2n) is 4.36. The number of pyridine rings is 1. The fourth-order valence-corrected chi connectivity index (χ4v) is 2.33. The predicted molar refractivity (Wildman–Crippen MR) is 75.1 cm³/mol. The minimum Gasteiger partial charge on any atom is -0.249 e. The summed E-state index contributed by atoms with van der Waals surface area (Å²) in [6.07, 6.45) is 3.17. The van der Waals surface area contributed by atoms with E-state index in [-0.39, 0.29) is 6.54 Å². The Kier molecular flexibility index (Phi) is 3.47. The fourth-order valence-electron chi connectivity index (χ4n) is 2.00. The van der Waals surface area contributed by atoms with Gasteiger partial charge in [-0.05, 0) is 28.9 Å². The summed E-state index contributed by atoms with van der Waals surface area (Å²) in [6.45, 7) is 2.07. The molecular weight excluding hydrogens is 327 g/mol. The van der Waals surface area contributed by atoms with E-state index in [0.717, 1.165) is 21.2 Å². The summed E-state index contributed by atoms with van der Waals surface area (Å²) < 4.78 is 16.7. The summed E-state index contributed by atoms with van der Waals surface area (Å²) in [7, 11) is 0. The average molecular weight is 339 g/mol. The lowest BCUT2D eigenvalue weighted by Crippen LogP contribution is -2.12. The van der Waals surface area contributed by atoms with Crippen LogP contribution in [-0.2, 0) is 13.1 Å². The van der Waals surface area contributed by atoms with E-state index in [1.165, 1.54) is 6.33 Å². The van der Waals surface area contributed by atoms with Crippen LogP contribution in [0.4, 0.5) is 4.39 Å². The van der Waals surface area contributed by atoms with Crippen molar-refractivity contribution in [1.29, 1.82) is 0 Å². The first-order valence-electron chi connectivity index (χ1n) is 6.10. The highest BCUT2D eigenvalue weighted by atomic mass is 79.9. The van der Waals surface area contributed by atoms with Gasteiger partial charge in [-0.1, -0.05) is 0 Å². The molecule has 3 aromatic rings. The molecule has 0 fully saturated rings. The van der Waals surface area contributed by atoms with Gasteiger partial charge in [-0.3, -0.25) is 0 Å². The number of hydrogen-bond donors (Lipinski definition) is 0. The average Bonchev–Trinajstić information content (AvgIpc) is 3.00. The van der Waals surface area contributed by atoms with Crippen molar-refractivity contribution in [2.24, 2.45) is 0 Å². The van der Waals surface area contributed by atoms with Gasteiger partial charge < -0.3 is 0 Å². The molecule has 0 N–H and O–H groups in total. The molecule has 0 bridgehead atoms. The summed E-state index contributed by atoms with van der Waals surface area (Å²) in [5.41, 5.74) is 1.67. The third-order valence-electron chi connectivity index (χ3n) is 3.02. The van der Waals surface area contributed by atoms with Crippen molar-refractivity contribution < 1.29 is 4.39 Å². The van der Waals surface area contributed by atoms with E-state index in [1.807, 2.05) is 13.0 Å². The number of hydrogen-bond acceptors (Lipinski definition) is 4. The number of aromatic nitrogens is 6. The molecule has 8 heteroatoms. The third-order valence-corrected chi connectivity index (χ3v) is 3.83. The highest BCUT2D eigenvalue weighted by Crippen LogP contribution is 2.21. The van der Waals surface area contributed by atoms with Gasteiger partial charge in [0.2, 0.25) is 0 Å². The molecular formula is C12H12BrFN6. The fraction of sp³-hybridized carbons (Fsp3) is 0.333. The maximum absolute atomic E-state index is 12.4. The van der Waals surface area contributed by atoms with Crippen molar-refractivity contribution in [3.8, 4) is 0 Å². The van der Waals surface area contributed by atoms with Crippen molar-refractivity contribution in [2.75, 3.05) is 6.67 Å². The van der Waals surface area contributed by atoms with Crippen LogP contribution in [0.15, 0.2) is 23.1 Å². The SMILES string of the molecule is Cc1nc2c(cnn2Cc2ncnn2CCF)cc1Br. The summed E-state index contributed by atoms with van der Waals surface area (Å²) in [5, 5.41) is 9.25. The molecule has 20 heavy (non-hydrogen) atoms. The number of nitrogens with zero attached hydrogens (tertiary/aromatic N) is 6. The van der Waals surface area contributed by atoms with E-state index in [1.54, 1.807) is 15.6 Å². The van der Waals surface area contributed by atoms with Crippen molar-refractivity contribution in [3.63, 3.8) is 0 Å². The molecule has 0 saturated carbocycles. The lowest BCUT2D eigenvalue weighted by atomic mass is 10.3. The van der Waals surface area contributed by atoms with E-state index in [4.69, 9.17) is 0 Å². The lowest BCUT2D eigenvalue weighted by Gasteiger charge is -2.05. The standard InChI is InChI=1S/C12H12BrFN6/c1-8-10(13)4-9-5-16-20(12(9)18-8)6-11-15-7-17-19(11)3-2-14/h4-5,7H,2-3,6H2,1H3. The van der Waals surface area contributed by atoms with Crippen molar-refractivity contribution in [1.82, 2.24) is 29.5 Å². The molecule has 0 aliphatic carbocycles. The van der Waals surface area contributed by atoms with Crippen molar-refractivity contribution in [3.05, 3.63) is 34.6 Å². The predicted octanol–water partition coefficient (Wildman–Crippen LogP) is 2.11. The first kappa shape index (κ1) is 13.2. The zero-order chi connectivity index (χ0) is 14.1. The maximum Gasteiger partial charge on any atom is 0.158 e. The Morgan fingerprint density at radius 2 is 2.15 bits per heavy atom. The van der Waals surface area contributed by atoms with Crippen molar-refractivity contribution in [2.45, 2.75) is 20.0 Å². The van der Waals surface area contributed by atoms with Crippen LogP contribution in [0.25, 0.3) is 11.0 Å². The molecule has 0 aliphatic rings. The van der Waals surface area contributed by atoms with E-state index >= 15 is 0 Å². The minimum atomic E-state index is -0.472. The molecule has 0 aliphatic heterocycles. The summed E-state index contributed by atoms with van der Waals surface area (Å²) in [6, 6.07) is 1.98. The molecule has 3 rings (SSSR count). The van der Waals surface area contributed by atoms with Crippen LogP contribution >= 0.6 is 15.9 Å². The van der Waals surface area contributed by atoms with Gasteiger partial charge in [-0.15, -0.1) is 0 Å². The van der Waals surface area contributed by atoms with Crippen LogP contribution in [0, 0.1) is 6.92 Å². The topological polar surface area (TPSA) is 61.4 Å². The quantitative estimate of drug-likeness (QED) is 0.730. The van der Waals surface area contributed by atoms with Crippen LogP contribution in [-0.4, -0.2) is 36.2 Å². The Hall–Kier alpha value is -1.83. The summed E-state index contributed by atoms with van der Waals surface area (Å²) in [5.74, 6) is 0.662. The lowest BCUT2D eigenvalue weighted by molar-refractivity contribution is 0.415. The smallest absolute Gasteiger partial charge is 0.158 e. The number of halogens is 2. The van der Waals surface area contributed by atoms with Gasteiger partial charge in [0.1, 0.15) is 25.4 Å². The molecule has 0 saturated heterocycles. The normalized spacial score (nSPS) is 11.3. The molecule has 0 radical (unpaired) electrons. The molecule has 0 atom stereocenters. The van der Waals surface area contributed by atoms with Gasteiger partial charge in [-0.2, -0.15) is 10.2 Å². The van der Waals surface area contributed by atoms with Crippen LogP contribution in [0.1, 0.15) is 11.5 Å². The van der Waals surface area contributed by atoms with E-state index < -0.39 is 6.67 Å². The van der Waals surface area contributed by atoms with Crippen molar-refractivity contribution >= 4 is 27.0 Å². The highest BCUT2D eigenvalue weighted by molar-refractivity contribution is 9.10. The van der Waals surface area contributed by atoms with Gasteiger partial charge in [0.05, 0.1) is 18.4 Å². The van der Waals surface area contributed by atoms with Crippen LogP contribution in [0.2, 0.25) is 0 Å². The zero-order valence-corrected chi connectivity index (χ0v) is 12.4. The Labute approximate surface area is 122 Å². The van der Waals surface area contributed by atoms with Crippen LogP contribution < -0.4 is 0 Å². The Morgan fingerprint density at radius 3 is 2.95 bits per heavy atom. The molecule has 104 valence electrons. The highest BCUT2D eigenvalue weighted by Gasteiger charge is 2.11.